The molecule has 1 heterocycles. The molecule has 4 atom stereocenters. The summed E-state index contributed by atoms with van der Waals surface area (Å²) >= 11 is 0. The lowest BCUT2D eigenvalue weighted by Crippen LogP contribution is -2.57. The zero-order chi connectivity index (χ0) is 28.0. The lowest BCUT2D eigenvalue weighted by atomic mass is 9.96. The topological polar surface area (TPSA) is 150 Å². The maximum absolute atomic E-state index is 13.8. The first kappa shape index (κ1) is 28.4. The Balaban J connectivity index is 2.04. The van der Waals surface area contributed by atoms with Gasteiger partial charge in [-0.3, -0.25) is 14.4 Å². The van der Waals surface area contributed by atoms with Crippen LogP contribution in [0.5, 0.6) is 0 Å². The first-order valence-corrected chi connectivity index (χ1v) is 12.7. The Morgan fingerprint density at radius 2 is 1.50 bits per heavy atom. The van der Waals surface area contributed by atoms with Gasteiger partial charge >= 0.3 is 11.7 Å². The van der Waals surface area contributed by atoms with Crippen molar-refractivity contribution in [1.82, 2.24) is 20.2 Å². The smallest absolute Gasteiger partial charge is 0.329 e. The minimum atomic E-state index is -1.27. The number of nitrogens with one attached hydrogen (secondary N) is 3. The minimum absolute atomic E-state index is 0.0204. The Labute approximate surface area is 220 Å². The lowest BCUT2D eigenvalue weighted by Gasteiger charge is -2.28. The molecule has 0 aliphatic rings. The molecule has 0 aliphatic heterocycles. The number of carboxylic acid groups (broad SMARTS) is 1. The van der Waals surface area contributed by atoms with E-state index in [9.17, 15) is 29.1 Å². The summed E-state index contributed by atoms with van der Waals surface area (Å²) in [5, 5.41) is 15.0. The SMILES string of the molecule is CCC(C)[C@H](NC(=O)[C@H](Cc1ccccc1)n1c(=O)[nH]c2ccccc2c1=O)C(=O)N[C@@H](C(=O)O)C(C)C. The van der Waals surface area contributed by atoms with Crippen LogP contribution in [0.1, 0.15) is 45.7 Å². The number of aromatic nitrogens is 2. The van der Waals surface area contributed by atoms with Crippen LogP contribution < -0.4 is 21.9 Å². The van der Waals surface area contributed by atoms with Gasteiger partial charge in [0, 0.05) is 6.42 Å². The first-order chi connectivity index (χ1) is 18.0. The fraction of sp³-hybridized carbons (Fsp3) is 0.393. The number of aliphatic carboxylic acids is 1. The molecule has 0 bridgehead atoms. The standard InChI is InChI=1S/C28H34N4O6/c1-5-17(4)23(25(34)30-22(16(2)3)27(36)37)31-24(33)21(15-18-11-7-6-8-12-18)32-26(35)19-13-9-10-14-20(19)29-28(32)38/h6-14,16-17,21-23H,5,15H2,1-4H3,(H,29,38)(H,30,34)(H,31,33)(H,36,37)/t17?,21-,22+,23-/m0/s1. The van der Waals surface area contributed by atoms with E-state index in [2.05, 4.69) is 15.6 Å². The van der Waals surface area contributed by atoms with E-state index in [1.807, 2.05) is 13.0 Å². The zero-order valence-electron chi connectivity index (χ0n) is 21.9. The van der Waals surface area contributed by atoms with Crippen molar-refractivity contribution in [2.75, 3.05) is 0 Å². The summed E-state index contributed by atoms with van der Waals surface area (Å²) in [5.74, 6) is -3.27. The molecule has 0 spiro atoms. The van der Waals surface area contributed by atoms with Gasteiger partial charge in [0.25, 0.3) is 5.56 Å². The number of carbonyl (C=O) groups excluding carboxylic acids is 2. The van der Waals surface area contributed by atoms with Gasteiger partial charge in [0.15, 0.2) is 0 Å². The quantitative estimate of drug-likeness (QED) is 0.303. The summed E-state index contributed by atoms with van der Waals surface area (Å²) in [5.41, 5.74) is -0.318. The summed E-state index contributed by atoms with van der Waals surface area (Å²) in [4.78, 5) is 67.8. The Bertz CT molecular complexity index is 1410. The van der Waals surface area contributed by atoms with Crippen molar-refractivity contribution >= 4 is 28.7 Å². The number of fused-ring (bicyclic) bond motifs is 1. The van der Waals surface area contributed by atoms with Crippen LogP contribution in [0.2, 0.25) is 0 Å². The number of benzene rings is 2. The van der Waals surface area contributed by atoms with Crippen molar-refractivity contribution in [2.24, 2.45) is 11.8 Å². The van der Waals surface area contributed by atoms with Crippen molar-refractivity contribution in [2.45, 2.75) is 58.7 Å². The predicted molar refractivity (Wildman–Crippen MR) is 144 cm³/mol. The molecule has 2 aromatic carbocycles. The highest BCUT2D eigenvalue weighted by molar-refractivity contribution is 5.92. The van der Waals surface area contributed by atoms with Crippen molar-refractivity contribution in [1.29, 1.82) is 0 Å². The summed E-state index contributed by atoms with van der Waals surface area (Å²) in [6.45, 7) is 6.94. The highest BCUT2D eigenvalue weighted by Gasteiger charge is 2.34. The molecule has 3 aromatic rings. The fourth-order valence-corrected chi connectivity index (χ4v) is 4.31. The molecule has 10 nitrogen and oxygen atoms in total. The van der Waals surface area contributed by atoms with Crippen LogP contribution in [-0.2, 0) is 20.8 Å². The summed E-state index contributed by atoms with van der Waals surface area (Å²) in [6, 6.07) is 12.0. The molecule has 2 amide bonds. The molecular weight excluding hydrogens is 488 g/mol. The maximum Gasteiger partial charge on any atom is 0.329 e. The van der Waals surface area contributed by atoms with E-state index in [4.69, 9.17) is 0 Å². The van der Waals surface area contributed by atoms with Gasteiger partial charge in [-0.2, -0.15) is 0 Å². The summed E-state index contributed by atoms with van der Waals surface area (Å²) in [6.07, 6.45) is 0.532. The van der Waals surface area contributed by atoms with Gasteiger partial charge in [0.05, 0.1) is 10.9 Å². The number of para-hydroxylation sites is 1. The second-order valence-electron chi connectivity index (χ2n) is 9.80. The number of nitrogens with zero attached hydrogens (tertiary/aromatic N) is 1. The fourth-order valence-electron chi connectivity index (χ4n) is 4.31. The molecule has 0 aliphatic carbocycles. The first-order valence-electron chi connectivity index (χ1n) is 12.7. The van der Waals surface area contributed by atoms with Gasteiger partial charge in [-0.25, -0.2) is 14.2 Å². The normalized spacial score (nSPS) is 14.4. The number of aromatic amines is 1. The molecule has 0 saturated carbocycles. The molecule has 0 saturated heterocycles. The molecular formula is C28H34N4O6. The molecule has 10 heteroatoms. The molecule has 1 aromatic heterocycles. The number of carbonyl (C=O) groups is 3. The third kappa shape index (κ3) is 6.37. The highest BCUT2D eigenvalue weighted by atomic mass is 16.4. The van der Waals surface area contributed by atoms with Crippen molar-refractivity contribution in [3.8, 4) is 0 Å². The van der Waals surface area contributed by atoms with Crippen LogP contribution in [0, 0.1) is 11.8 Å². The zero-order valence-corrected chi connectivity index (χ0v) is 21.9. The van der Waals surface area contributed by atoms with E-state index in [0.717, 1.165) is 4.57 Å². The average molecular weight is 523 g/mol. The van der Waals surface area contributed by atoms with E-state index in [1.54, 1.807) is 69.3 Å². The summed E-state index contributed by atoms with van der Waals surface area (Å²) < 4.78 is 0.879. The summed E-state index contributed by atoms with van der Waals surface area (Å²) in [7, 11) is 0. The second kappa shape index (κ2) is 12.4. The minimum Gasteiger partial charge on any atom is -0.480 e. The van der Waals surface area contributed by atoms with Crippen LogP contribution in [0.25, 0.3) is 10.9 Å². The monoisotopic (exact) mass is 522 g/mol. The van der Waals surface area contributed by atoms with Gasteiger partial charge < -0.3 is 20.7 Å². The van der Waals surface area contributed by atoms with Gasteiger partial charge in [0.2, 0.25) is 11.8 Å². The van der Waals surface area contributed by atoms with Crippen molar-refractivity contribution in [3.63, 3.8) is 0 Å². The van der Waals surface area contributed by atoms with Crippen LogP contribution >= 0.6 is 0 Å². The van der Waals surface area contributed by atoms with Crippen molar-refractivity contribution in [3.05, 3.63) is 81.0 Å². The predicted octanol–water partition coefficient (Wildman–Crippen LogP) is 2.23. The van der Waals surface area contributed by atoms with Gasteiger partial charge in [-0.05, 0) is 29.5 Å². The Morgan fingerprint density at radius 1 is 0.895 bits per heavy atom. The number of rotatable bonds is 11. The number of carboxylic acids is 1. The van der Waals surface area contributed by atoms with Gasteiger partial charge in [0.1, 0.15) is 18.1 Å². The van der Waals surface area contributed by atoms with Crippen LogP contribution in [0.3, 0.4) is 0 Å². The van der Waals surface area contributed by atoms with E-state index in [0.29, 0.717) is 17.5 Å². The van der Waals surface area contributed by atoms with E-state index in [-0.39, 0.29) is 23.6 Å². The molecule has 1 unspecified atom stereocenters. The van der Waals surface area contributed by atoms with Gasteiger partial charge in [-0.1, -0.05) is 76.6 Å². The molecule has 0 radical (unpaired) electrons. The molecule has 4 N–H and O–H groups in total. The van der Waals surface area contributed by atoms with E-state index >= 15 is 0 Å². The third-order valence-electron chi connectivity index (χ3n) is 6.75. The highest BCUT2D eigenvalue weighted by Crippen LogP contribution is 2.16. The molecule has 3 rings (SSSR count). The van der Waals surface area contributed by atoms with Crippen LogP contribution in [0.4, 0.5) is 0 Å². The number of hydrogen-bond donors (Lipinski definition) is 4. The number of H-pyrrole nitrogens is 1. The third-order valence-corrected chi connectivity index (χ3v) is 6.75. The lowest BCUT2D eigenvalue weighted by molar-refractivity contribution is -0.143. The molecule has 0 fully saturated rings. The van der Waals surface area contributed by atoms with Crippen LogP contribution in [0.15, 0.2) is 64.2 Å². The van der Waals surface area contributed by atoms with E-state index in [1.165, 1.54) is 0 Å². The number of hydrogen-bond acceptors (Lipinski definition) is 5. The number of amides is 2. The molecule has 202 valence electrons. The largest absolute Gasteiger partial charge is 0.480 e. The second-order valence-corrected chi connectivity index (χ2v) is 9.80. The van der Waals surface area contributed by atoms with Crippen molar-refractivity contribution < 1.29 is 19.5 Å². The van der Waals surface area contributed by atoms with Crippen LogP contribution in [-0.4, -0.2) is 44.5 Å². The Morgan fingerprint density at radius 3 is 2.11 bits per heavy atom. The Kier molecular flexibility index (Phi) is 9.22. The Hall–Kier alpha value is -4.21. The molecule has 38 heavy (non-hydrogen) atoms. The average Bonchev–Trinajstić information content (AvgIpc) is 2.89. The van der Waals surface area contributed by atoms with Gasteiger partial charge in [-0.15, -0.1) is 0 Å². The van der Waals surface area contributed by atoms with E-state index < -0.39 is 47.2 Å². The maximum atomic E-state index is 13.8.